The maximum Gasteiger partial charge on any atom is 0.104 e. The number of hydrogen-bond acceptors (Lipinski definition) is 1. The van der Waals surface area contributed by atoms with Gasteiger partial charge in [-0.05, 0) is 43.5 Å². The Morgan fingerprint density at radius 3 is 2.22 bits per heavy atom. The molecule has 1 unspecified atom stereocenters. The van der Waals surface area contributed by atoms with Gasteiger partial charge in [0.05, 0.1) is 0 Å². The molecule has 0 aromatic heterocycles. The number of rotatable bonds is 2. The van der Waals surface area contributed by atoms with E-state index in [1.807, 2.05) is 51.1 Å². The molecule has 0 saturated carbocycles. The van der Waals surface area contributed by atoms with Crippen LogP contribution in [0.4, 0.5) is 0 Å². The summed E-state index contributed by atoms with van der Waals surface area (Å²) in [6, 6.07) is 11.8. The SMILES string of the molecule is Cc1cc(C)cc(C(O)c2cccc(Cl)c2C)c1. The highest BCUT2D eigenvalue weighted by Crippen LogP contribution is 2.29. The Labute approximate surface area is 113 Å². The van der Waals surface area contributed by atoms with Crippen LogP contribution in [0.25, 0.3) is 0 Å². The molecule has 0 bridgehead atoms. The molecule has 2 rings (SSSR count). The Morgan fingerprint density at radius 2 is 1.61 bits per heavy atom. The molecule has 0 saturated heterocycles. The molecule has 1 N–H and O–H groups in total. The van der Waals surface area contributed by atoms with E-state index in [1.165, 1.54) is 0 Å². The Bertz CT molecular complexity index is 555. The molecule has 0 aliphatic heterocycles. The molecule has 1 nitrogen and oxygen atoms in total. The van der Waals surface area contributed by atoms with Gasteiger partial charge in [0.1, 0.15) is 6.10 Å². The second kappa shape index (κ2) is 5.13. The first-order valence-electron chi connectivity index (χ1n) is 6.00. The fourth-order valence-corrected chi connectivity index (χ4v) is 2.45. The van der Waals surface area contributed by atoms with Gasteiger partial charge in [0.25, 0.3) is 0 Å². The molecule has 2 aromatic rings. The summed E-state index contributed by atoms with van der Waals surface area (Å²) >= 11 is 6.10. The minimum Gasteiger partial charge on any atom is -0.384 e. The van der Waals surface area contributed by atoms with Gasteiger partial charge in [-0.25, -0.2) is 0 Å². The van der Waals surface area contributed by atoms with Crippen molar-refractivity contribution in [2.75, 3.05) is 0 Å². The first-order chi connectivity index (χ1) is 8.49. The van der Waals surface area contributed by atoms with E-state index in [-0.39, 0.29) is 0 Å². The second-order valence-electron chi connectivity index (χ2n) is 4.78. The van der Waals surface area contributed by atoms with E-state index in [4.69, 9.17) is 11.6 Å². The van der Waals surface area contributed by atoms with Crippen LogP contribution in [0.2, 0.25) is 5.02 Å². The van der Waals surface area contributed by atoms with Gasteiger partial charge in [-0.1, -0.05) is 53.1 Å². The molecule has 0 heterocycles. The molecule has 18 heavy (non-hydrogen) atoms. The lowest BCUT2D eigenvalue weighted by Crippen LogP contribution is -2.03. The van der Waals surface area contributed by atoms with Crippen LogP contribution in [0.3, 0.4) is 0 Å². The van der Waals surface area contributed by atoms with Crippen molar-refractivity contribution in [3.63, 3.8) is 0 Å². The summed E-state index contributed by atoms with van der Waals surface area (Å²) in [5.41, 5.74) is 5.03. The van der Waals surface area contributed by atoms with Gasteiger partial charge >= 0.3 is 0 Å². The van der Waals surface area contributed by atoms with Crippen LogP contribution in [0.1, 0.15) is 33.9 Å². The van der Waals surface area contributed by atoms with Gasteiger partial charge in [-0.3, -0.25) is 0 Å². The summed E-state index contributed by atoms with van der Waals surface area (Å²) in [4.78, 5) is 0. The molecular formula is C16H17ClO. The zero-order valence-electron chi connectivity index (χ0n) is 10.9. The first kappa shape index (κ1) is 13.1. The van der Waals surface area contributed by atoms with Crippen LogP contribution in [-0.2, 0) is 0 Å². The van der Waals surface area contributed by atoms with Crippen LogP contribution in [0, 0.1) is 20.8 Å². The monoisotopic (exact) mass is 260 g/mol. The predicted molar refractivity (Wildman–Crippen MR) is 76.2 cm³/mol. The van der Waals surface area contributed by atoms with E-state index >= 15 is 0 Å². The summed E-state index contributed by atoms with van der Waals surface area (Å²) in [6.45, 7) is 6.01. The van der Waals surface area contributed by atoms with Crippen molar-refractivity contribution in [3.05, 3.63) is 69.2 Å². The van der Waals surface area contributed by atoms with Crippen LogP contribution in [-0.4, -0.2) is 5.11 Å². The summed E-state index contributed by atoms with van der Waals surface area (Å²) in [7, 11) is 0. The standard InChI is InChI=1S/C16H17ClO/c1-10-7-11(2)9-13(8-10)16(18)14-5-4-6-15(17)12(14)3/h4-9,16,18H,1-3H3. The molecule has 0 radical (unpaired) electrons. The van der Waals surface area contributed by atoms with Crippen molar-refractivity contribution >= 4 is 11.6 Å². The zero-order chi connectivity index (χ0) is 13.3. The number of hydrogen-bond donors (Lipinski definition) is 1. The lowest BCUT2D eigenvalue weighted by Gasteiger charge is -2.16. The van der Waals surface area contributed by atoms with E-state index in [9.17, 15) is 5.11 Å². The lowest BCUT2D eigenvalue weighted by molar-refractivity contribution is 0.219. The zero-order valence-corrected chi connectivity index (χ0v) is 11.6. The highest BCUT2D eigenvalue weighted by atomic mass is 35.5. The van der Waals surface area contributed by atoms with Crippen molar-refractivity contribution < 1.29 is 5.11 Å². The molecule has 0 aliphatic rings. The molecule has 0 amide bonds. The van der Waals surface area contributed by atoms with Crippen LogP contribution in [0.15, 0.2) is 36.4 Å². The van der Waals surface area contributed by atoms with E-state index < -0.39 is 6.10 Å². The normalized spacial score (nSPS) is 12.5. The molecule has 1 atom stereocenters. The van der Waals surface area contributed by atoms with Gasteiger partial charge in [0.2, 0.25) is 0 Å². The highest BCUT2D eigenvalue weighted by molar-refractivity contribution is 6.31. The van der Waals surface area contributed by atoms with Crippen LogP contribution >= 0.6 is 11.6 Å². The molecule has 0 aliphatic carbocycles. The van der Waals surface area contributed by atoms with Crippen molar-refractivity contribution in [3.8, 4) is 0 Å². The van der Waals surface area contributed by atoms with Crippen LogP contribution in [0.5, 0.6) is 0 Å². The fraction of sp³-hybridized carbons (Fsp3) is 0.250. The maximum atomic E-state index is 10.5. The number of aryl methyl sites for hydroxylation is 2. The minimum atomic E-state index is -0.623. The molecule has 94 valence electrons. The first-order valence-corrected chi connectivity index (χ1v) is 6.38. The quantitative estimate of drug-likeness (QED) is 0.851. The molecule has 2 aromatic carbocycles. The third-order valence-electron chi connectivity index (χ3n) is 3.16. The Hall–Kier alpha value is -1.31. The smallest absolute Gasteiger partial charge is 0.104 e. The second-order valence-corrected chi connectivity index (χ2v) is 5.18. The number of aliphatic hydroxyl groups excluding tert-OH is 1. The number of halogens is 1. The van der Waals surface area contributed by atoms with E-state index in [0.717, 1.165) is 27.8 Å². The summed E-state index contributed by atoms with van der Waals surface area (Å²) in [6.07, 6.45) is -0.623. The van der Waals surface area contributed by atoms with Gasteiger partial charge in [-0.15, -0.1) is 0 Å². The fourth-order valence-electron chi connectivity index (χ4n) is 2.27. The summed E-state index contributed by atoms with van der Waals surface area (Å²) in [5, 5.41) is 11.2. The molecule has 2 heteroatoms. The van der Waals surface area contributed by atoms with Crippen LogP contribution < -0.4 is 0 Å². The summed E-state index contributed by atoms with van der Waals surface area (Å²) < 4.78 is 0. The topological polar surface area (TPSA) is 20.2 Å². The third kappa shape index (κ3) is 2.58. The van der Waals surface area contributed by atoms with Gasteiger partial charge in [-0.2, -0.15) is 0 Å². The highest BCUT2D eigenvalue weighted by Gasteiger charge is 2.14. The van der Waals surface area contributed by atoms with Gasteiger partial charge in [0, 0.05) is 5.02 Å². The van der Waals surface area contributed by atoms with Crippen molar-refractivity contribution in [2.24, 2.45) is 0 Å². The lowest BCUT2D eigenvalue weighted by atomic mass is 9.95. The van der Waals surface area contributed by atoms with Crippen molar-refractivity contribution in [1.29, 1.82) is 0 Å². The van der Waals surface area contributed by atoms with Gasteiger partial charge in [0.15, 0.2) is 0 Å². The molecule has 0 fully saturated rings. The van der Waals surface area contributed by atoms with Crippen molar-refractivity contribution in [1.82, 2.24) is 0 Å². The largest absolute Gasteiger partial charge is 0.384 e. The predicted octanol–water partition coefficient (Wildman–Crippen LogP) is 4.35. The third-order valence-corrected chi connectivity index (χ3v) is 3.57. The number of benzene rings is 2. The van der Waals surface area contributed by atoms with Gasteiger partial charge < -0.3 is 5.11 Å². The average molecular weight is 261 g/mol. The average Bonchev–Trinajstić information content (AvgIpc) is 2.30. The van der Waals surface area contributed by atoms with E-state index in [1.54, 1.807) is 0 Å². The summed E-state index contributed by atoms with van der Waals surface area (Å²) in [5.74, 6) is 0. The van der Waals surface area contributed by atoms with E-state index in [0.29, 0.717) is 5.02 Å². The number of aliphatic hydroxyl groups is 1. The minimum absolute atomic E-state index is 0.623. The molecule has 0 spiro atoms. The Kier molecular flexibility index (Phi) is 3.74. The Morgan fingerprint density at radius 1 is 1.00 bits per heavy atom. The Balaban J connectivity index is 2.47. The van der Waals surface area contributed by atoms with E-state index in [2.05, 4.69) is 6.07 Å². The maximum absolute atomic E-state index is 10.5. The molecular weight excluding hydrogens is 244 g/mol. The van der Waals surface area contributed by atoms with Crippen molar-refractivity contribution in [2.45, 2.75) is 26.9 Å².